The first kappa shape index (κ1) is 11.1. The summed E-state index contributed by atoms with van der Waals surface area (Å²) in [7, 11) is 0. The lowest BCUT2D eigenvalue weighted by molar-refractivity contribution is 0.0696. The molecule has 0 heterocycles. The van der Waals surface area contributed by atoms with Gasteiger partial charge in [0.15, 0.2) is 0 Å². The molecule has 2 rings (SSSR count). The molecule has 1 saturated carbocycles. The average Bonchev–Trinajstić information content (AvgIpc) is 2.18. The fourth-order valence-electron chi connectivity index (χ4n) is 2.33. The molecule has 3 heteroatoms. The van der Waals surface area contributed by atoms with E-state index in [0.29, 0.717) is 5.56 Å². The SMILES string of the molecule is Cc1cc(C(=O)O)cc(C2(N)CCC2)c1C. The summed E-state index contributed by atoms with van der Waals surface area (Å²) in [4.78, 5) is 11.0. The van der Waals surface area contributed by atoms with Crippen molar-refractivity contribution in [1.29, 1.82) is 0 Å². The maximum Gasteiger partial charge on any atom is 0.335 e. The number of aromatic carboxylic acids is 1. The van der Waals surface area contributed by atoms with Gasteiger partial charge in [-0.15, -0.1) is 0 Å². The lowest BCUT2D eigenvalue weighted by Gasteiger charge is -2.40. The largest absolute Gasteiger partial charge is 0.478 e. The topological polar surface area (TPSA) is 63.3 Å². The van der Waals surface area contributed by atoms with Gasteiger partial charge in [0.25, 0.3) is 0 Å². The van der Waals surface area contributed by atoms with Crippen LogP contribution in [-0.2, 0) is 5.54 Å². The second kappa shape index (κ2) is 3.59. The van der Waals surface area contributed by atoms with E-state index in [2.05, 4.69) is 0 Å². The zero-order chi connectivity index (χ0) is 11.9. The lowest BCUT2D eigenvalue weighted by Crippen LogP contribution is -2.44. The van der Waals surface area contributed by atoms with Gasteiger partial charge in [-0.25, -0.2) is 4.79 Å². The summed E-state index contributed by atoms with van der Waals surface area (Å²) in [5.41, 5.74) is 9.47. The average molecular weight is 219 g/mol. The van der Waals surface area contributed by atoms with Gasteiger partial charge in [0.1, 0.15) is 0 Å². The van der Waals surface area contributed by atoms with Gasteiger partial charge in [0.2, 0.25) is 0 Å². The fraction of sp³-hybridized carbons (Fsp3) is 0.462. The smallest absolute Gasteiger partial charge is 0.335 e. The molecule has 0 bridgehead atoms. The van der Waals surface area contributed by atoms with Crippen LogP contribution in [0.3, 0.4) is 0 Å². The fourth-order valence-corrected chi connectivity index (χ4v) is 2.33. The molecule has 1 aliphatic carbocycles. The van der Waals surface area contributed by atoms with Gasteiger partial charge in [-0.05, 0) is 61.9 Å². The molecule has 0 aliphatic heterocycles. The number of nitrogens with two attached hydrogens (primary N) is 1. The summed E-state index contributed by atoms with van der Waals surface area (Å²) in [6, 6.07) is 3.45. The van der Waals surface area contributed by atoms with Crippen LogP contribution >= 0.6 is 0 Å². The van der Waals surface area contributed by atoms with Crippen LogP contribution in [0.4, 0.5) is 0 Å². The zero-order valence-electron chi connectivity index (χ0n) is 9.71. The first-order chi connectivity index (χ1) is 7.44. The van der Waals surface area contributed by atoms with Crippen molar-refractivity contribution in [1.82, 2.24) is 0 Å². The highest BCUT2D eigenvalue weighted by molar-refractivity contribution is 5.88. The van der Waals surface area contributed by atoms with Crippen LogP contribution in [-0.4, -0.2) is 11.1 Å². The van der Waals surface area contributed by atoms with Gasteiger partial charge in [0, 0.05) is 5.54 Å². The van der Waals surface area contributed by atoms with Crippen LogP contribution in [0.15, 0.2) is 12.1 Å². The third-order valence-electron chi connectivity index (χ3n) is 3.70. The summed E-state index contributed by atoms with van der Waals surface area (Å²) < 4.78 is 0. The summed E-state index contributed by atoms with van der Waals surface area (Å²) in [6.07, 6.45) is 3.04. The number of hydrogen-bond acceptors (Lipinski definition) is 2. The molecule has 16 heavy (non-hydrogen) atoms. The van der Waals surface area contributed by atoms with Crippen molar-refractivity contribution in [2.24, 2.45) is 5.73 Å². The molecule has 1 aliphatic rings. The second-order valence-electron chi connectivity index (χ2n) is 4.78. The standard InChI is InChI=1S/C13H17NO2/c1-8-6-10(12(15)16)7-11(9(8)2)13(14)4-3-5-13/h6-7H,3-5,14H2,1-2H3,(H,15,16). The Balaban J connectivity index is 2.55. The molecular formula is C13H17NO2. The Morgan fingerprint density at radius 2 is 2.00 bits per heavy atom. The van der Waals surface area contributed by atoms with Crippen molar-refractivity contribution in [3.63, 3.8) is 0 Å². The van der Waals surface area contributed by atoms with Crippen molar-refractivity contribution in [3.8, 4) is 0 Å². The molecule has 0 spiro atoms. The minimum atomic E-state index is -0.882. The molecule has 1 aromatic rings. The summed E-state index contributed by atoms with van der Waals surface area (Å²) in [6.45, 7) is 3.95. The van der Waals surface area contributed by atoms with E-state index in [1.807, 2.05) is 13.8 Å². The number of carboxylic acids is 1. The van der Waals surface area contributed by atoms with Crippen molar-refractivity contribution in [2.45, 2.75) is 38.6 Å². The van der Waals surface area contributed by atoms with Gasteiger partial charge in [-0.3, -0.25) is 0 Å². The van der Waals surface area contributed by atoms with E-state index in [4.69, 9.17) is 10.8 Å². The number of aryl methyl sites for hydroxylation is 1. The molecule has 86 valence electrons. The molecule has 0 atom stereocenters. The normalized spacial score (nSPS) is 17.9. The molecule has 0 radical (unpaired) electrons. The van der Waals surface area contributed by atoms with Gasteiger partial charge >= 0.3 is 5.97 Å². The van der Waals surface area contributed by atoms with E-state index in [1.165, 1.54) is 0 Å². The van der Waals surface area contributed by atoms with Gasteiger partial charge < -0.3 is 10.8 Å². The van der Waals surface area contributed by atoms with Crippen molar-refractivity contribution in [3.05, 3.63) is 34.4 Å². The third-order valence-corrected chi connectivity index (χ3v) is 3.70. The van der Waals surface area contributed by atoms with E-state index >= 15 is 0 Å². The van der Waals surface area contributed by atoms with Crippen molar-refractivity contribution >= 4 is 5.97 Å². The van der Waals surface area contributed by atoms with E-state index in [-0.39, 0.29) is 5.54 Å². The first-order valence-corrected chi connectivity index (χ1v) is 5.58. The lowest BCUT2D eigenvalue weighted by atomic mass is 9.70. The Bertz CT molecular complexity index is 447. The number of carboxylic acid groups (broad SMARTS) is 1. The van der Waals surface area contributed by atoms with E-state index < -0.39 is 5.97 Å². The molecule has 3 nitrogen and oxygen atoms in total. The van der Waals surface area contributed by atoms with Gasteiger partial charge in [-0.2, -0.15) is 0 Å². The second-order valence-corrected chi connectivity index (χ2v) is 4.78. The van der Waals surface area contributed by atoms with Crippen molar-refractivity contribution in [2.75, 3.05) is 0 Å². The van der Waals surface area contributed by atoms with E-state index in [0.717, 1.165) is 36.0 Å². The third kappa shape index (κ3) is 1.61. The highest BCUT2D eigenvalue weighted by Gasteiger charge is 2.36. The maximum absolute atomic E-state index is 11.0. The Labute approximate surface area is 95.3 Å². The first-order valence-electron chi connectivity index (χ1n) is 5.58. The van der Waals surface area contributed by atoms with Crippen LogP contribution in [0.5, 0.6) is 0 Å². The summed E-state index contributed by atoms with van der Waals surface area (Å²) in [5.74, 6) is -0.882. The highest BCUT2D eigenvalue weighted by Crippen LogP contribution is 2.41. The Hall–Kier alpha value is -1.35. The minimum absolute atomic E-state index is 0.291. The molecule has 0 amide bonds. The van der Waals surface area contributed by atoms with Gasteiger partial charge in [-0.1, -0.05) is 0 Å². The van der Waals surface area contributed by atoms with Crippen molar-refractivity contribution < 1.29 is 9.90 Å². The number of rotatable bonds is 2. The van der Waals surface area contributed by atoms with E-state index in [9.17, 15) is 4.79 Å². The van der Waals surface area contributed by atoms with Crippen LogP contribution < -0.4 is 5.73 Å². The van der Waals surface area contributed by atoms with Crippen LogP contribution in [0.2, 0.25) is 0 Å². The molecule has 1 aromatic carbocycles. The minimum Gasteiger partial charge on any atom is -0.478 e. The monoisotopic (exact) mass is 219 g/mol. The predicted molar refractivity (Wildman–Crippen MR) is 62.6 cm³/mol. The number of carbonyl (C=O) groups is 1. The molecule has 3 N–H and O–H groups in total. The maximum atomic E-state index is 11.0. The van der Waals surface area contributed by atoms with Crippen LogP contribution in [0.1, 0.15) is 46.3 Å². The van der Waals surface area contributed by atoms with Gasteiger partial charge in [0.05, 0.1) is 5.56 Å². The van der Waals surface area contributed by atoms with Crippen LogP contribution in [0.25, 0.3) is 0 Å². The molecule has 1 fully saturated rings. The molecule has 0 saturated heterocycles. The molecular weight excluding hydrogens is 202 g/mol. The predicted octanol–water partition coefficient (Wildman–Crippen LogP) is 2.34. The molecule has 0 aromatic heterocycles. The Morgan fingerprint density at radius 1 is 1.38 bits per heavy atom. The number of benzene rings is 1. The zero-order valence-corrected chi connectivity index (χ0v) is 9.71. The quantitative estimate of drug-likeness (QED) is 0.802. The summed E-state index contributed by atoms with van der Waals surface area (Å²) >= 11 is 0. The highest BCUT2D eigenvalue weighted by atomic mass is 16.4. The number of hydrogen-bond donors (Lipinski definition) is 2. The van der Waals surface area contributed by atoms with E-state index in [1.54, 1.807) is 12.1 Å². The van der Waals surface area contributed by atoms with Crippen LogP contribution in [0, 0.1) is 13.8 Å². The Kier molecular flexibility index (Phi) is 2.50. The summed E-state index contributed by atoms with van der Waals surface area (Å²) in [5, 5.41) is 9.04. The molecule has 0 unspecified atom stereocenters. The Morgan fingerprint density at radius 3 is 2.44 bits per heavy atom.